The van der Waals surface area contributed by atoms with Crippen molar-refractivity contribution in [3.05, 3.63) is 70.5 Å². The van der Waals surface area contributed by atoms with E-state index in [-0.39, 0.29) is 24.1 Å². The molecule has 1 heterocycles. The van der Waals surface area contributed by atoms with Crippen LogP contribution in [-0.2, 0) is 6.54 Å². The Hall–Kier alpha value is -2.95. The zero-order valence-electron chi connectivity index (χ0n) is 14.4. The third-order valence-corrected chi connectivity index (χ3v) is 4.13. The van der Waals surface area contributed by atoms with Gasteiger partial charge in [-0.3, -0.25) is 4.79 Å². The van der Waals surface area contributed by atoms with Crippen molar-refractivity contribution in [1.29, 1.82) is 0 Å². The fraction of sp³-hybridized carbons (Fsp3) is 0.200. The second-order valence-electron chi connectivity index (χ2n) is 5.95. The number of aromatic nitrogens is 1. The molecule has 0 unspecified atom stereocenters. The highest BCUT2D eigenvalue weighted by atomic mass is 19.1. The Balaban J connectivity index is 1.94. The summed E-state index contributed by atoms with van der Waals surface area (Å²) in [6, 6.07) is 12.0. The predicted molar refractivity (Wildman–Crippen MR) is 95.3 cm³/mol. The normalized spacial score (nSPS) is 10.7. The van der Waals surface area contributed by atoms with Crippen LogP contribution in [0.25, 0.3) is 10.9 Å². The molecule has 0 saturated heterocycles. The molecule has 0 aliphatic rings. The van der Waals surface area contributed by atoms with Crippen molar-refractivity contribution in [1.82, 2.24) is 10.3 Å². The van der Waals surface area contributed by atoms with Crippen LogP contribution in [0.5, 0.6) is 5.88 Å². The summed E-state index contributed by atoms with van der Waals surface area (Å²) < 4.78 is 18.6. The van der Waals surface area contributed by atoms with Crippen LogP contribution >= 0.6 is 0 Å². The minimum atomic E-state index is -0.330. The van der Waals surface area contributed by atoms with Crippen LogP contribution in [0.4, 0.5) is 4.39 Å². The van der Waals surface area contributed by atoms with Gasteiger partial charge in [0.25, 0.3) is 5.91 Å². The fourth-order valence-corrected chi connectivity index (χ4v) is 2.84. The first-order chi connectivity index (χ1) is 12.0. The van der Waals surface area contributed by atoms with Crippen molar-refractivity contribution in [2.75, 3.05) is 7.11 Å². The van der Waals surface area contributed by atoms with Gasteiger partial charge in [0.05, 0.1) is 12.6 Å². The number of carbonyl (C=O) groups is 1. The second-order valence-corrected chi connectivity index (χ2v) is 5.95. The van der Waals surface area contributed by atoms with Gasteiger partial charge in [0.15, 0.2) is 0 Å². The van der Waals surface area contributed by atoms with Crippen LogP contribution in [0.2, 0.25) is 0 Å². The van der Waals surface area contributed by atoms with Crippen LogP contribution in [0.15, 0.2) is 42.5 Å². The van der Waals surface area contributed by atoms with Crippen molar-refractivity contribution in [3.8, 4) is 5.88 Å². The standard InChI is InChI=1S/C20H19FN2O2/c1-12-7-8-16-13(2)18(20(25-3)23-17(16)9-12)19(24)22-11-14-5-4-6-15(21)10-14/h4-10H,11H2,1-3H3,(H,22,24). The molecule has 0 fully saturated rings. The first-order valence-electron chi connectivity index (χ1n) is 7.97. The summed E-state index contributed by atoms with van der Waals surface area (Å²) in [5.74, 6) is -0.343. The highest BCUT2D eigenvalue weighted by Gasteiger charge is 2.19. The van der Waals surface area contributed by atoms with Crippen LogP contribution in [0.3, 0.4) is 0 Å². The van der Waals surface area contributed by atoms with Crippen LogP contribution in [-0.4, -0.2) is 18.0 Å². The van der Waals surface area contributed by atoms with Gasteiger partial charge < -0.3 is 10.1 Å². The van der Waals surface area contributed by atoms with E-state index in [0.29, 0.717) is 11.1 Å². The molecule has 0 radical (unpaired) electrons. The monoisotopic (exact) mass is 338 g/mol. The number of halogens is 1. The third-order valence-electron chi connectivity index (χ3n) is 4.13. The van der Waals surface area contributed by atoms with Crippen molar-refractivity contribution in [3.63, 3.8) is 0 Å². The first-order valence-corrected chi connectivity index (χ1v) is 7.97. The van der Waals surface area contributed by atoms with Crippen molar-refractivity contribution in [2.24, 2.45) is 0 Å². The number of amides is 1. The van der Waals surface area contributed by atoms with Gasteiger partial charge in [0.2, 0.25) is 5.88 Å². The molecule has 0 spiro atoms. The Bertz CT molecular complexity index is 954. The van der Waals surface area contributed by atoms with Gasteiger partial charge in [-0.15, -0.1) is 0 Å². The van der Waals surface area contributed by atoms with E-state index in [4.69, 9.17) is 4.74 Å². The van der Waals surface area contributed by atoms with Gasteiger partial charge in [-0.2, -0.15) is 0 Å². The van der Waals surface area contributed by atoms with Crippen LogP contribution in [0, 0.1) is 19.7 Å². The Labute approximate surface area is 145 Å². The number of ether oxygens (including phenoxy) is 1. The number of methoxy groups -OCH3 is 1. The number of carbonyl (C=O) groups excluding carboxylic acids is 1. The van der Waals surface area contributed by atoms with E-state index in [1.165, 1.54) is 19.2 Å². The first kappa shape index (κ1) is 16.9. The van der Waals surface area contributed by atoms with Gasteiger partial charge >= 0.3 is 0 Å². The van der Waals surface area contributed by atoms with E-state index in [2.05, 4.69) is 10.3 Å². The summed E-state index contributed by atoms with van der Waals surface area (Å²) >= 11 is 0. The number of hydrogen-bond acceptors (Lipinski definition) is 3. The summed E-state index contributed by atoms with van der Waals surface area (Å²) in [5.41, 5.74) is 3.77. The van der Waals surface area contributed by atoms with Crippen molar-refractivity contribution >= 4 is 16.8 Å². The van der Waals surface area contributed by atoms with Gasteiger partial charge in [0.1, 0.15) is 11.4 Å². The fourth-order valence-electron chi connectivity index (χ4n) is 2.84. The van der Waals surface area contributed by atoms with Gasteiger partial charge in [0, 0.05) is 11.9 Å². The molecule has 4 nitrogen and oxygen atoms in total. The lowest BCUT2D eigenvalue weighted by Gasteiger charge is -2.14. The number of benzene rings is 2. The highest BCUT2D eigenvalue weighted by molar-refractivity contribution is 6.02. The SMILES string of the molecule is COc1nc2cc(C)ccc2c(C)c1C(=O)NCc1cccc(F)c1. The minimum Gasteiger partial charge on any atom is -0.480 e. The Morgan fingerprint density at radius 1 is 1.20 bits per heavy atom. The maximum absolute atomic E-state index is 13.3. The quantitative estimate of drug-likeness (QED) is 0.784. The number of hydrogen-bond donors (Lipinski definition) is 1. The van der Waals surface area contributed by atoms with E-state index >= 15 is 0 Å². The number of rotatable bonds is 4. The van der Waals surface area contributed by atoms with Gasteiger partial charge in [-0.25, -0.2) is 9.37 Å². The maximum Gasteiger partial charge on any atom is 0.257 e. The smallest absolute Gasteiger partial charge is 0.257 e. The molecule has 3 rings (SSSR count). The van der Waals surface area contributed by atoms with E-state index in [1.807, 2.05) is 32.0 Å². The summed E-state index contributed by atoms with van der Waals surface area (Å²) in [6.45, 7) is 4.09. The summed E-state index contributed by atoms with van der Waals surface area (Å²) in [4.78, 5) is 17.2. The Kier molecular flexibility index (Phi) is 4.65. The molecule has 0 saturated carbocycles. The van der Waals surface area contributed by atoms with Crippen molar-refractivity contribution in [2.45, 2.75) is 20.4 Å². The molecule has 1 amide bonds. The van der Waals surface area contributed by atoms with Gasteiger partial charge in [-0.1, -0.05) is 24.3 Å². The molecular weight excluding hydrogens is 319 g/mol. The molecule has 2 aromatic carbocycles. The summed E-state index contributed by atoms with van der Waals surface area (Å²) in [5, 5.41) is 3.71. The number of pyridine rings is 1. The van der Waals surface area contributed by atoms with E-state index in [0.717, 1.165) is 22.0 Å². The second kappa shape index (κ2) is 6.89. The number of nitrogens with zero attached hydrogens (tertiary/aromatic N) is 1. The van der Waals surface area contributed by atoms with E-state index in [9.17, 15) is 9.18 Å². The number of fused-ring (bicyclic) bond motifs is 1. The number of aryl methyl sites for hydroxylation is 2. The molecule has 128 valence electrons. The van der Waals surface area contributed by atoms with E-state index < -0.39 is 0 Å². The zero-order valence-corrected chi connectivity index (χ0v) is 14.4. The lowest BCUT2D eigenvalue weighted by atomic mass is 10.0. The maximum atomic E-state index is 13.3. The molecule has 0 atom stereocenters. The summed E-state index contributed by atoms with van der Waals surface area (Å²) in [6.07, 6.45) is 0. The molecule has 3 aromatic rings. The topological polar surface area (TPSA) is 51.2 Å². The Morgan fingerprint density at radius 2 is 2.00 bits per heavy atom. The summed E-state index contributed by atoms with van der Waals surface area (Å²) in [7, 11) is 1.49. The number of nitrogens with one attached hydrogen (secondary N) is 1. The average molecular weight is 338 g/mol. The van der Waals surface area contributed by atoms with Crippen LogP contribution < -0.4 is 10.1 Å². The molecule has 1 aromatic heterocycles. The van der Waals surface area contributed by atoms with Crippen LogP contribution in [0.1, 0.15) is 27.0 Å². The molecule has 0 aliphatic heterocycles. The lowest BCUT2D eigenvalue weighted by molar-refractivity contribution is 0.0946. The minimum absolute atomic E-state index is 0.227. The zero-order chi connectivity index (χ0) is 18.0. The molecular formula is C20H19FN2O2. The molecule has 0 bridgehead atoms. The third kappa shape index (κ3) is 3.45. The molecule has 0 aliphatic carbocycles. The average Bonchev–Trinajstić information content (AvgIpc) is 2.59. The predicted octanol–water partition coefficient (Wildman–Crippen LogP) is 3.93. The van der Waals surface area contributed by atoms with E-state index in [1.54, 1.807) is 12.1 Å². The molecule has 25 heavy (non-hydrogen) atoms. The van der Waals surface area contributed by atoms with Gasteiger partial charge in [-0.05, 0) is 48.7 Å². The lowest BCUT2D eigenvalue weighted by Crippen LogP contribution is -2.24. The molecule has 5 heteroatoms. The van der Waals surface area contributed by atoms with Crippen molar-refractivity contribution < 1.29 is 13.9 Å². The highest BCUT2D eigenvalue weighted by Crippen LogP contribution is 2.28. The Morgan fingerprint density at radius 3 is 2.72 bits per heavy atom. The molecule has 1 N–H and O–H groups in total. The largest absolute Gasteiger partial charge is 0.480 e.